The van der Waals surface area contributed by atoms with Crippen LogP contribution in [0.15, 0.2) is 146 Å². The van der Waals surface area contributed by atoms with E-state index in [1.54, 1.807) is 0 Å². The minimum absolute atomic E-state index is 0.00409. The number of rotatable bonds is 45. The van der Waals surface area contributed by atoms with E-state index in [4.69, 9.17) is 18.5 Å². The third-order valence-electron chi connectivity index (χ3n) is 9.89. The number of esters is 1. The van der Waals surface area contributed by atoms with Gasteiger partial charge >= 0.3 is 5.97 Å². The molecule has 0 fully saturated rings. The van der Waals surface area contributed by atoms with E-state index in [2.05, 4.69) is 160 Å². The number of unbranched alkanes of at least 4 members (excludes halogenated alkanes) is 7. The highest BCUT2D eigenvalue weighted by molar-refractivity contribution is 7.45. The number of allylic oxidation sites excluding steroid dienone is 24. The van der Waals surface area contributed by atoms with Gasteiger partial charge in [-0.25, -0.2) is 0 Å². The first-order chi connectivity index (χ1) is 32.6. The number of carbonyl (C=O) groups is 1. The van der Waals surface area contributed by atoms with E-state index in [9.17, 15) is 14.3 Å². The van der Waals surface area contributed by atoms with Gasteiger partial charge in [0.05, 0.1) is 34.4 Å². The number of quaternary nitrogens is 1. The molecule has 67 heavy (non-hydrogen) atoms. The molecule has 0 amide bonds. The van der Waals surface area contributed by atoms with Crippen LogP contribution in [-0.2, 0) is 27.9 Å². The van der Waals surface area contributed by atoms with Gasteiger partial charge in [-0.05, 0) is 116 Å². The maximum Gasteiger partial charge on any atom is 0.306 e. The molecule has 0 aromatic heterocycles. The van der Waals surface area contributed by atoms with Gasteiger partial charge in [-0.2, -0.15) is 0 Å². The van der Waals surface area contributed by atoms with Crippen LogP contribution in [0.2, 0.25) is 0 Å². The summed E-state index contributed by atoms with van der Waals surface area (Å²) in [6.45, 7) is 5.02. The van der Waals surface area contributed by atoms with Crippen molar-refractivity contribution < 1.29 is 37.3 Å². The van der Waals surface area contributed by atoms with Crippen molar-refractivity contribution in [2.24, 2.45) is 0 Å². The lowest BCUT2D eigenvalue weighted by Crippen LogP contribution is -2.37. The van der Waals surface area contributed by atoms with Crippen LogP contribution in [0.4, 0.5) is 0 Å². The first kappa shape index (κ1) is 63.4. The Kier molecular flexibility index (Phi) is 46.2. The summed E-state index contributed by atoms with van der Waals surface area (Å²) in [5.74, 6) is -0.382. The zero-order chi connectivity index (χ0) is 49.0. The summed E-state index contributed by atoms with van der Waals surface area (Å²) < 4.78 is 34.7. The summed E-state index contributed by atoms with van der Waals surface area (Å²) in [4.78, 5) is 25.2. The summed E-state index contributed by atoms with van der Waals surface area (Å²) in [6, 6.07) is 0. The van der Waals surface area contributed by atoms with Gasteiger partial charge in [0.25, 0.3) is 7.82 Å². The van der Waals surface area contributed by atoms with Crippen LogP contribution in [0, 0.1) is 0 Å². The molecule has 0 rings (SSSR count). The average Bonchev–Trinajstić information content (AvgIpc) is 3.29. The summed E-state index contributed by atoms with van der Waals surface area (Å²) in [5, 5.41) is 0. The molecule has 378 valence electrons. The zero-order valence-corrected chi connectivity index (χ0v) is 43.7. The number of hydrogen-bond donors (Lipinski definition) is 0. The van der Waals surface area contributed by atoms with Crippen molar-refractivity contribution in [3.8, 4) is 0 Å². The molecule has 0 bridgehead atoms. The topological polar surface area (TPSA) is 94.1 Å². The second kappa shape index (κ2) is 48.8. The van der Waals surface area contributed by atoms with Crippen molar-refractivity contribution >= 4 is 13.8 Å². The fourth-order valence-corrected chi connectivity index (χ4v) is 6.75. The number of likely N-dealkylation sites (N-methyl/N-ethyl adjacent to an activating group) is 1. The standard InChI is InChI=1S/C58H94NO7P/c1-6-8-10-12-14-16-18-20-22-24-26-27-28-29-30-31-32-34-36-38-40-42-44-46-48-50-53-63-55-57(56-65-67(61,62)64-54-52-59(3,4)5)66-58(60)51-49-47-45-43-41-39-37-35-33-25-23-21-19-17-15-13-11-9-7-2/h8-11,14-17,20-23,26-27,29-30,32-35,38-41,57H,6-7,12-13,18-19,24-25,28,31,36-37,42-56H2,1-5H3/b10-8-,11-9-,16-14-,17-15-,22-20-,23-21-,27-26-,30-29-,34-32-,35-33-,40-38-,41-39-. The third-order valence-corrected chi connectivity index (χ3v) is 10.9. The molecule has 2 atom stereocenters. The molecule has 0 aromatic carbocycles. The number of nitrogens with zero attached hydrogens (tertiary/aromatic N) is 1. The maximum absolute atomic E-state index is 12.7. The number of phosphoric ester groups is 1. The van der Waals surface area contributed by atoms with E-state index in [-0.39, 0.29) is 32.2 Å². The SMILES string of the molecule is CC/C=C\C/C=C\C/C=C\C/C=C\C/C=C\C/C=C\C/C=C\CCCCCCOCC(COP(=O)([O-])OCC[N+](C)(C)C)OC(=O)CCCCC/C=C\C/C=C\C/C=C\C/C=C\C/C=C\CC. The minimum atomic E-state index is -4.56. The van der Waals surface area contributed by atoms with E-state index in [1.165, 1.54) is 0 Å². The largest absolute Gasteiger partial charge is 0.756 e. The molecule has 0 aliphatic rings. The fraction of sp³-hybridized carbons (Fsp3) is 0.569. The fourth-order valence-electron chi connectivity index (χ4n) is 6.02. The minimum Gasteiger partial charge on any atom is -0.756 e. The number of hydrogen-bond acceptors (Lipinski definition) is 7. The van der Waals surface area contributed by atoms with Gasteiger partial charge in [0.1, 0.15) is 19.3 Å². The molecule has 8 nitrogen and oxygen atoms in total. The van der Waals surface area contributed by atoms with E-state index >= 15 is 0 Å². The van der Waals surface area contributed by atoms with Crippen LogP contribution >= 0.6 is 7.82 Å². The average molecular weight is 948 g/mol. The normalized spacial score (nSPS) is 14.8. The van der Waals surface area contributed by atoms with Crippen LogP contribution in [0.1, 0.15) is 155 Å². The smallest absolute Gasteiger partial charge is 0.306 e. The van der Waals surface area contributed by atoms with Gasteiger partial charge in [-0.15, -0.1) is 0 Å². The van der Waals surface area contributed by atoms with E-state index in [0.717, 1.165) is 128 Å². The second-order valence-corrected chi connectivity index (χ2v) is 18.8. The lowest BCUT2D eigenvalue weighted by atomic mass is 10.1. The highest BCUT2D eigenvalue weighted by Gasteiger charge is 2.20. The predicted molar refractivity (Wildman–Crippen MR) is 286 cm³/mol. The first-order valence-electron chi connectivity index (χ1n) is 25.6. The van der Waals surface area contributed by atoms with Gasteiger partial charge in [-0.3, -0.25) is 9.36 Å². The molecular weight excluding hydrogens is 854 g/mol. The van der Waals surface area contributed by atoms with Gasteiger partial charge in [0.15, 0.2) is 0 Å². The number of carbonyl (C=O) groups excluding carboxylic acids is 1. The van der Waals surface area contributed by atoms with Crippen LogP contribution in [-0.4, -0.2) is 70.7 Å². The Morgan fingerprint density at radius 3 is 1.21 bits per heavy atom. The van der Waals surface area contributed by atoms with E-state index in [0.29, 0.717) is 24.1 Å². The van der Waals surface area contributed by atoms with Gasteiger partial charge in [-0.1, -0.05) is 179 Å². The maximum atomic E-state index is 12.7. The summed E-state index contributed by atoms with van der Waals surface area (Å²) in [5.41, 5.74) is 0. The Morgan fingerprint density at radius 1 is 0.463 bits per heavy atom. The molecule has 0 saturated carbocycles. The predicted octanol–water partition coefficient (Wildman–Crippen LogP) is 15.4. The van der Waals surface area contributed by atoms with E-state index < -0.39 is 13.9 Å². The van der Waals surface area contributed by atoms with E-state index in [1.807, 2.05) is 21.1 Å². The molecule has 0 aliphatic carbocycles. The Bertz CT molecular complexity index is 1570. The Balaban J connectivity index is 4.32. The van der Waals surface area contributed by atoms with Crippen LogP contribution < -0.4 is 4.89 Å². The van der Waals surface area contributed by atoms with Crippen molar-refractivity contribution in [2.45, 2.75) is 161 Å². The van der Waals surface area contributed by atoms with Crippen molar-refractivity contribution in [2.75, 3.05) is 54.1 Å². The van der Waals surface area contributed by atoms with Crippen LogP contribution in [0.25, 0.3) is 0 Å². The highest BCUT2D eigenvalue weighted by Crippen LogP contribution is 2.38. The lowest BCUT2D eigenvalue weighted by molar-refractivity contribution is -0.870. The first-order valence-corrected chi connectivity index (χ1v) is 27.0. The summed E-state index contributed by atoms with van der Waals surface area (Å²) in [7, 11) is 1.29. The molecule has 0 spiro atoms. The third kappa shape index (κ3) is 53.2. The Morgan fingerprint density at radius 2 is 0.821 bits per heavy atom. The number of ether oxygens (including phenoxy) is 2. The molecule has 0 N–H and O–H groups in total. The van der Waals surface area contributed by atoms with Crippen molar-refractivity contribution in [1.29, 1.82) is 0 Å². The Labute approximate surface area is 410 Å². The monoisotopic (exact) mass is 948 g/mol. The van der Waals surface area contributed by atoms with Gasteiger partial charge in [0, 0.05) is 13.0 Å². The lowest BCUT2D eigenvalue weighted by Gasteiger charge is -2.28. The summed E-state index contributed by atoms with van der Waals surface area (Å²) in [6.07, 6.45) is 73.1. The summed E-state index contributed by atoms with van der Waals surface area (Å²) >= 11 is 0. The molecule has 0 aromatic rings. The van der Waals surface area contributed by atoms with Crippen molar-refractivity contribution in [3.05, 3.63) is 146 Å². The quantitative estimate of drug-likeness (QED) is 0.0197. The van der Waals surface area contributed by atoms with Crippen LogP contribution in [0.5, 0.6) is 0 Å². The molecule has 2 unspecified atom stereocenters. The van der Waals surface area contributed by atoms with Crippen molar-refractivity contribution in [3.63, 3.8) is 0 Å². The number of phosphoric acid groups is 1. The molecule has 0 saturated heterocycles. The Hall–Kier alpha value is -3.62. The van der Waals surface area contributed by atoms with Crippen molar-refractivity contribution in [1.82, 2.24) is 0 Å². The van der Waals surface area contributed by atoms with Gasteiger partial charge < -0.3 is 27.9 Å². The molecule has 0 aliphatic heterocycles. The van der Waals surface area contributed by atoms with Crippen LogP contribution in [0.3, 0.4) is 0 Å². The molecule has 0 heterocycles. The highest BCUT2D eigenvalue weighted by atomic mass is 31.2. The zero-order valence-electron chi connectivity index (χ0n) is 42.8. The molecule has 0 radical (unpaired) electrons. The second-order valence-electron chi connectivity index (χ2n) is 17.4. The van der Waals surface area contributed by atoms with Gasteiger partial charge in [0.2, 0.25) is 0 Å². The molecular formula is C58H94NO7P. The molecule has 9 heteroatoms.